The van der Waals surface area contributed by atoms with Crippen LogP contribution in [0.4, 0.5) is 5.69 Å². The lowest BCUT2D eigenvalue weighted by Crippen LogP contribution is -2.34. The number of rotatable bonds is 2. The summed E-state index contributed by atoms with van der Waals surface area (Å²) in [5, 5.41) is 3.32. The monoisotopic (exact) mass is 309 g/mol. The minimum absolute atomic E-state index is 0.439. The fraction of sp³-hybridized carbons (Fsp3) is 0.600. The quantitative estimate of drug-likeness (QED) is 0.896. The van der Waals surface area contributed by atoms with Gasteiger partial charge in [0.25, 0.3) is 0 Å². The van der Waals surface area contributed by atoms with Gasteiger partial charge in [-0.3, -0.25) is 0 Å². The number of likely N-dealkylation sites (N-methyl/N-ethyl adjacent to an activating group) is 1. The molecule has 5 nitrogen and oxygen atoms in total. The van der Waals surface area contributed by atoms with Crippen molar-refractivity contribution < 1.29 is 8.42 Å². The van der Waals surface area contributed by atoms with Crippen LogP contribution >= 0.6 is 0 Å². The zero-order valence-corrected chi connectivity index (χ0v) is 13.3. The van der Waals surface area contributed by atoms with E-state index in [1.165, 1.54) is 0 Å². The van der Waals surface area contributed by atoms with Crippen LogP contribution in [0.1, 0.15) is 18.4 Å². The molecule has 6 heteroatoms. The van der Waals surface area contributed by atoms with Crippen molar-refractivity contribution in [2.24, 2.45) is 0 Å². The minimum Gasteiger partial charge on any atom is -0.385 e. The molecule has 0 unspecified atom stereocenters. The maximum absolute atomic E-state index is 12.8. The van der Waals surface area contributed by atoms with E-state index in [0.717, 1.165) is 50.1 Å². The van der Waals surface area contributed by atoms with Gasteiger partial charge >= 0.3 is 0 Å². The van der Waals surface area contributed by atoms with Crippen molar-refractivity contribution in [3.05, 3.63) is 23.8 Å². The predicted octanol–water partition coefficient (Wildman–Crippen LogP) is 1.37. The molecule has 1 fully saturated rings. The van der Waals surface area contributed by atoms with Gasteiger partial charge in [0.05, 0.1) is 4.90 Å². The Labute approximate surface area is 127 Å². The van der Waals surface area contributed by atoms with Crippen molar-refractivity contribution >= 4 is 15.7 Å². The fourth-order valence-corrected chi connectivity index (χ4v) is 4.54. The van der Waals surface area contributed by atoms with Gasteiger partial charge in [-0.15, -0.1) is 0 Å². The van der Waals surface area contributed by atoms with Crippen LogP contribution in [0.3, 0.4) is 0 Å². The Kier molecular flexibility index (Phi) is 4.19. The zero-order chi connectivity index (χ0) is 14.9. The number of aryl methyl sites for hydroxylation is 1. The van der Waals surface area contributed by atoms with Crippen molar-refractivity contribution in [3.8, 4) is 0 Å². The molecule has 0 saturated carbocycles. The molecule has 21 heavy (non-hydrogen) atoms. The molecule has 0 aliphatic carbocycles. The second kappa shape index (κ2) is 5.94. The summed E-state index contributed by atoms with van der Waals surface area (Å²) in [7, 11) is -1.32. The molecule has 1 aromatic carbocycles. The van der Waals surface area contributed by atoms with Crippen LogP contribution in [0.15, 0.2) is 23.1 Å². The fourth-order valence-electron chi connectivity index (χ4n) is 3.02. The van der Waals surface area contributed by atoms with Crippen LogP contribution in [-0.2, 0) is 16.4 Å². The van der Waals surface area contributed by atoms with Gasteiger partial charge in [0.1, 0.15) is 0 Å². The molecule has 2 aliphatic heterocycles. The Morgan fingerprint density at radius 1 is 1.10 bits per heavy atom. The van der Waals surface area contributed by atoms with Crippen molar-refractivity contribution in [1.29, 1.82) is 0 Å². The molecule has 2 aliphatic rings. The van der Waals surface area contributed by atoms with Gasteiger partial charge in [0.2, 0.25) is 10.0 Å². The number of anilines is 1. The molecule has 0 radical (unpaired) electrons. The molecule has 1 aromatic rings. The van der Waals surface area contributed by atoms with Gasteiger partial charge in [-0.05, 0) is 56.6 Å². The second-order valence-corrected chi connectivity index (χ2v) is 7.85. The summed E-state index contributed by atoms with van der Waals surface area (Å²) in [5.74, 6) is 0. The van der Waals surface area contributed by atoms with Crippen molar-refractivity contribution in [2.45, 2.75) is 24.2 Å². The third-order valence-corrected chi connectivity index (χ3v) is 6.23. The Morgan fingerprint density at radius 3 is 2.81 bits per heavy atom. The normalized spacial score (nSPS) is 21.4. The van der Waals surface area contributed by atoms with E-state index in [9.17, 15) is 8.42 Å². The number of nitrogens with zero attached hydrogens (tertiary/aromatic N) is 2. The van der Waals surface area contributed by atoms with E-state index in [0.29, 0.717) is 18.0 Å². The zero-order valence-electron chi connectivity index (χ0n) is 12.5. The average molecular weight is 309 g/mol. The van der Waals surface area contributed by atoms with Gasteiger partial charge in [-0.25, -0.2) is 8.42 Å². The van der Waals surface area contributed by atoms with Gasteiger partial charge < -0.3 is 10.2 Å². The van der Waals surface area contributed by atoms with E-state index < -0.39 is 10.0 Å². The average Bonchev–Trinajstić information content (AvgIpc) is 2.72. The smallest absolute Gasteiger partial charge is 0.243 e. The highest BCUT2D eigenvalue weighted by molar-refractivity contribution is 7.89. The van der Waals surface area contributed by atoms with Crippen LogP contribution in [0.5, 0.6) is 0 Å². The first kappa shape index (κ1) is 14.8. The standard InChI is InChI=1S/C15H23N3O2S/c1-17-8-3-9-18(11-10-17)21(19,20)14-5-6-15-13(12-14)4-2-7-16-15/h5-6,12,16H,2-4,7-11H2,1H3. The molecule has 0 atom stereocenters. The van der Waals surface area contributed by atoms with Crippen LogP contribution < -0.4 is 5.32 Å². The molecule has 0 amide bonds. The van der Waals surface area contributed by atoms with E-state index in [4.69, 9.17) is 0 Å². The van der Waals surface area contributed by atoms with E-state index in [1.54, 1.807) is 10.4 Å². The molecule has 0 spiro atoms. The third kappa shape index (κ3) is 3.07. The second-order valence-electron chi connectivity index (χ2n) is 5.91. The maximum Gasteiger partial charge on any atom is 0.243 e. The van der Waals surface area contributed by atoms with E-state index >= 15 is 0 Å². The molecular weight excluding hydrogens is 286 g/mol. The van der Waals surface area contributed by atoms with Gasteiger partial charge in [-0.2, -0.15) is 4.31 Å². The first-order valence-electron chi connectivity index (χ1n) is 7.63. The SMILES string of the molecule is CN1CCCN(S(=O)(=O)c2ccc3c(c2)CCCN3)CC1. The van der Waals surface area contributed by atoms with Crippen molar-refractivity contribution in [2.75, 3.05) is 45.1 Å². The highest BCUT2D eigenvalue weighted by Crippen LogP contribution is 2.26. The molecule has 0 aromatic heterocycles. The molecule has 1 N–H and O–H groups in total. The lowest BCUT2D eigenvalue weighted by Gasteiger charge is -2.22. The number of sulfonamides is 1. The summed E-state index contributed by atoms with van der Waals surface area (Å²) >= 11 is 0. The van der Waals surface area contributed by atoms with Crippen LogP contribution in [-0.4, -0.2) is 57.4 Å². The molecule has 1 saturated heterocycles. The van der Waals surface area contributed by atoms with Crippen LogP contribution in [0, 0.1) is 0 Å². The summed E-state index contributed by atoms with van der Waals surface area (Å²) in [6.45, 7) is 3.92. The Balaban J connectivity index is 1.87. The third-order valence-electron chi connectivity index (χ3n) is 4.33. The summed E-state index contributed by atoms with van der Waals surface area (Å²) in [6, 6.07) is 5.50. The van der Waals surface area contributed by atoms with Gasteiger partial charge in [0, 0.05) is 31.9 Å². The van der Waals surface area contributed by atoms with Crippen LogP contribution in [0.25, 0.3) is 0 Å². The molecule has 2 heterocycles. The summed E-state index contributed by atoms with van der Waals surface area (Å²) < 4.78 is 27.3. The van der Waals surface area contributed by atoms with Crippen molar-refractivity contribution in [1.82, 2.24) is 9.21 Å². The Morgan fingerprint density at radius 2 is 1.95 bits per heavy atom. The lowest BCUT2D eigenvalue weighted by molar-refractivity contribution is 0.347. The molecule has 0 bridgehead atoms. The highest BCUT2D eigenvalue weighted by atomic mass is 32.2. The summed E-state index contributed by atoms with van der Waals surface area (Å²) in [4.78, 5) is 2.63. The first-order valence-corrected chi connectivity index (χ1v) is 9.07. The topological polar surface area (TPSA) is 52.7 Å². The number of benzene rings is 1. The lowest BCUT2D eigenvalue weighted by atomic mass is 10.0. The van der Waals surface area contributed by atoms with Gasteiger partial charge in [-0.1, -0.05) is 0 Å². The van der Waals surface area contributed by atoms with E-state index in [1.807, 2.05) is 19.2 Å². The largest absolute Gasteiger partial charge is 0.385 e. The van der Waals surface area contributed by atoms with Crippen molar-refractivity contribution in [3.63, 3.8) is 0 Å². The number of fused-ring (bicyclic) bond motifs is 1. The predicted molar refractivity (Wildman–Crippen MR) is 84.1 cm³/mol. The Hall–Kier alpha value is -1.11. The maximum atomic E-state index is 12.8. The molecule has 116 valence electrons. The van der Waals surface area contributed by atoms with Gasteiger partial charge in [0.15, 0.2) is 0 Å². The van der Waals surface area contributed by atoms with E-state index in [-0.39, 0.29) is 0 Å². The summed E-state index contributed by atoms with van der Waals surface area (Å²) in [6.07, 6.45) is 2.90. The molecule has 3 rings (SSSR count). The molecular formula is C15H23N3O2S. The van der Waals surface area contributed by atoms with E-state index in [2.05, 4.69) is 10.2 Å². The first-order chi connectivity index (χ1) is 10.1. The minimum atomic E-state index is -3.36. The number of nitrogens with one attached hydrogen (secondary N) is 1. The van der Waals surface area contributed by atoms with Crippen LogP contribution in [0.2, 0.25) is 0 Å². The number of hydrogen-bond donors (Lipinski definition) is 1. The highest BCUT2D eigenvalue weighted by Gasteiger charge is 2.27. The Bertz CT molecular complexity index is 615. The number of hydrogen-bond acceptors (Lipinski definition) is 4. The summed E-state index contributed by atoms with van der Waals surface area (Å²) in [5.41, 5.74) is 2.20.